The van der Waals surface area contributed by atoms with Crippen LogP contribution < -0.4 is 4.72 Å². The summed E-state index contributed by atoms with van der Waals surface area (Å²) >= 11 is 0. The molecule has 0 saturated carbocycles. The average Bonchev–Trinajstić information content (AvgIpc) is 2.82. The number of ether oxygens (including phenoxy) is 1. The molecule has 1 N–H and O–H groups in total. The predicted molar refractivity (Wildman–Crippen MR) is 126 cm³/mol. The first-order valence-electron chi connectivity index (χ1n) is 11.1. The number of hydrogen-bond donors (Lipinski definition) is 1. The average molecular weight is 492 g/mol. The van der Waals surface area contributed by atoms with Crippen molar-refractivity contribution in [3.8, 4) is 0 Å². The summed E-state index contributed by atoms with van der Waals surface area (Å²) in [5.74, 6) is -1.35. The number of hydrogen-bond acceptors (Lipinski definition) is 6. The first-order valence-corrected chi connectivity index (χ1v) is 12.7. The van der Waals surface area contributed by atoms with E-state index in [-0.39, 0.29) is 29.3 Å². The molecule has 0 unspecified atom stereocenters. The number of rotatable bonds is 9. The summed E-state index contributed by atoms with van der Waals surface area (Å²) in [4.78, 5) is 27.0. The lowest BCUT2D eigenvalue weighted by atomic mass is 10.1. The molecular formula is C24H30FN3O5S. The molecule has 2 aromatic carbocycles. The summed E-state index contributed by atoms with van der Waals surface area (Å²) in [6, 6.07) is 11.6. The Balaban J connectivity index is 1.46. The smallest absolute Gasteiger partial charge is 0.337 e. The van der Waals surface area contributed by atoms with Gasteiger partial charge in [0.15, 0.2) is 0 Å². The summed E-state index contributed by atoms with van der Waals surface area (Å²) in [7, 11) is -2.42. The highest BCUT2D eigenvalue weighted by molar-refractivity contribution is 7.89. The molecular weight excluding hydrogens is 461 g/mol. The fourth-order valence-electron chi connectivity index (χ4n) is 3.74. The summed E-state index contributed by atoms with van der Waals surface area (Å²) in [5, 5.41) is 0. The van der Waals surface area contributed by atoms with Crippen LogP contribution >= 0.6 is 0 Å². The third-order valence-electron chi connectivity index (χ3n) is 5.86. The maximum atomic E-state index is 14.2. The minimum Gasteiger partial charge on any atom is -0.465 e. The van der Waals surface area contributed by atoms with Crippen molar-refractivity contribution in [3.05, 3.63) is 70.5 Å². The first-order chi connectivity index (χ1) is 16.2. The number of carbonyl (C=O) groups is 2. The fraction of sp³-hybridized carbons (Fsp3) is 0.417. The van der Waals surface area contributed by atoms with Crippen LogP contribution in [0.1, 0.15) is 34.0 Å². The van der Waals surface area contributed by atoms with E-state index in [2.05, 4.69) is 14.4 Å². The number of nitrogens with one attached hydrogen (secondary N) is 1. The summed E-state index contributed by atoms with van der Waals surface area (Å²) in [5.41, 5.74) is 2.23. The number of amides is 1. The maximum absolute atomic E-state index is 14.2. The van der Waals surface area contributed by atoms with Gasteiger partial charge in [-0.2, -0.15) is 0 Å². The van der Waals surface area contributed by atoms with Crippen molar-refractivity contribution in [2.75, 3.05) is 39.0 Å². The predicted octanol–water partition coefficient (Wildman–Crippen LogP) is 1.94. The van der Waals surface area contributed by atoms with E-state index in [4.69, 9.17) is 0 Å². The lowest BCUT2D eigenvalue weighted by Crippen LogP contribution is -2.47. The van der Waals surface area contributed by atoms with Crippen molar-refractivity contribution < 1.29 is 27.1 Å². The van der Waals surface area contributed by atoms with Gasteiger partial charge in [-0.15, -0.1) is 0 Å². The molecule has 0 radical (unpaired) electrons. The van der Waals surface area contributed by atoms with Gasteiger partial charge >= 0.3 is 5.97 Å². The van der Waals surface area contributed by atoms with Crippen molar-refractivity contribution in [2.24, 2.45) is 0 Å². The third kappa shape index (κ3) is 7.34. The van der Waals surface area contributed by atoms with Gasteiger partial charge in [0, 0.05) is 51.8 Å². The van der Waals surface area contributed by atoms with Gasteiger partial charge in [0.1, 0.15) is 5.82 Å². The topological polar surface area (TPSA) is 96.0 Å². The van der Waals surface area contributed by atoms with Crippen molar-refractivity contribution >= 4 is 21.9 Å². The third-order valence-corrected chi connectivity index (χ3v) is 7.19. The summed E-state index contributed by atoms with van der Waals surface area (Å²) in [6.45, 7) is 5.30. The van der Waals surface area contributed by atoms with Crippen LogP contribution in [0, 0.1) is 5.82 Å². The normalized spacial score (nSPS) is 14.7. The van der Waals surface area contributed by atoms with E-state index in [1.165, 1.54) is 19.2 Å². The SMILES string of the molecule is COC(=O)c1ccc(CNS(=O)(=O)CCc2ccc(CN3CCN(C(C)=O)CC3)cc2)c(F)c1. The molecule has 1 aliphatic heterocycles. The number of benzene rings is 2. The second-order valence-electron chi connectivity index (χ2n) is 8.29. The first kappa shape index (κ1) is 25.8. The highest BCUT2D eigenvalue weighted by Gasteiger charge is 2.18. The number of aryl methyl sites for hydroxylation is 1. The molecule has 1 saturated heterocycles. The van der Waals surface area contributed by atoms with E-state index in [1.54, 1.807) is 6.92 Å². The van der Waals surface area contributed by atoms with Gasteiger partial charge in [-0.05, 0) is 29.7 Å². The number of esters is 1. The molecule has 1 amide bonds. The second-order valence-corrected chi connectivity index (χ2v) is 10.2. The number of piperazine rings is 1. The van der Waals surface area contributed by atoms with Crippen LogP contribution in [0.4, 0.5) is 4.39 Å². The molecule has 0 aromatic heterocycles. The van der Waals surface area contributed by atoms with Crippen molar-refractivity contribution in [3.63, 3.8) is 0 Å². The summed E-state index contributed by atoms with van der Waals surface area (Å²) in [6.07, 6.45) is 0.330. The van der Waals surface area contributed by atoms with E-state index in [0.29, 0.717) is 6.42 Å². The zero-order chi connectivity index (χ0) is 24.7. The van der Waals surface area contributed by atoms with Crippen LogP contribution in [-0.2, 0) is 39.1 Å². The van der Waals surface area contributed by atoms with Crippen LogP contribution in [0.5, 0.6) is 0 Å². The van der Waals surface area contributed by atoms with Gasteiger partial charge in [0.25, 0.3) is 0 Å². The van der Waals surface area contributed by atoms with Crippen molar-refractivity contribution in [2.45, 2.75) is 26.4 Å². The number of nitrogens with zero attached hydrogens (tertiary/aromatic N) is 2. The molecule has 2 aromatic rings. The van der Waals surface area contributed by atoms with E-state index < -0.39 is 21.8 Å². The zero-order valence-electron chi connectivity index (χ0n) is 19.4. The lowest BCUT2D eigenvalue weighted by molar-refractivity contribution is -0.130. The van der Waals surface area contributed by atoms with E-state index in [1.807, 2.05) is 29.2 Å². The van der Waals surface area contributed by atoms with Gasteiger partial charge < -0.3 is 9.64 Å². The Labute approximate surface area is 199 Å². The number of methoxy groups -OCH3 is 1. The molecule has 8 nitrogen and oxygen atoms in total. The highest BCUT2D eigenvalue weighted by atomic mass is 32.2. The Kier molecular flexibility index (Phi) is 8.76. The molecule has 0 bridgehead atoms. The Morgan fingerprint density at radius 2 is 1.68 bits per heavy atom. The van der Waals surface area contributed by atoms with Crippen LogP contribution in [0.3, 0.4) is 0 Å². The maximum Gasteiger partial charge on any atom is 0.337 e. The molecule has 0 aliphatic carbocycles. The van der Waals surface area contributed by atoms with E-state index in [9.17, 15) is 22.4 Å². The van der Waals surface area contributed by atoms with E-state index in [0.717, 1.165) is 49.9 Å². The monoisotopic (exact) mass is 491 g/mol. The van der Waals surface area contributed by atoms with Gasteiger partial charge in [-0.3, -0.25) is 9.69 Å². The van der Waals surface area contributed by atoms with Crippen LogP contribution in [0.2, 0.25) is 0 Å². The summed E-state index contributed by atoms with van der Waals surface area (Å²) < 4.78 is 45.9. The lowest BCUT2D eigenvalue weighted by Gasteiger charge is -2.34. The van der Waals surface area contributed by atoms with Crippen LogP contribution in [-0.4, -0.2) is 69.1 Å². The molecule has 0 spiro atoms. The Hall–Kier alpha value is -2.82. The van der Waals surface area contributed by atoms with Crippen molar-refractivity contribution in [1.29, 1.82) is 0 Å². The molecule has 3 rings (SSSR count). The van der Waals surface area contributed by atoms with Gasteiger partial charge in [0.2, 0.25) is 15.9 Å². The number of halogens is 1. The molecule has 1 heterocycles. The Bertz CT molecular complexity index is 1110. The largest absolute Gasteiger partial charge is 0.465 e. The second kappa shape index (κ2) is 11.5. The van der Waals surface area contributed by atoms with Gasteiger partial charge in [-0.1, -0.05) is 30.3 Å². The minimum atomic E-state index is -3.62. The number of carbonyl (C=O) groups excluding carboxylic acids is 2. The van der Waals surface area contributed by atoms with Gasteiger partial charge in [-0.25, -0.2) is 22.3 Å². The van der Waals surface area contributed by atoms with Gasteiger partial charge in [0.05, 0.1) is 18.4 Å². The molecule has 0 atom stereocenters. The molecule has 10 heteroatoms. The minimum absolute atomic E-state index is 0.0633. The Morgan fingerprint density at radius 3 is 2.26 bits per heavy atom. The quantitative estimate of drug-likeness (QED) is 0.539. The van der Waals surface area contributed by atoms with Crippen molar-refractivity contribution in [1.82, 2.24) is 14.5 Å². The fourth-order valence-corrected chi connectivity index (χ4v) is 4.76. The highest BCUT2D eigenvalue weighted by Crippen LogP contribution is 2.13. The standard InChI is InChI=1S/C24H30FN3O5S/c1-18(29)28-12-10-27(11-13-28)17-20-5-3-19(4-6-20)9-14-34(31,32)26-16-22-8-7-21(15-23(22)25)24(30)33-2/h3-8,15,26H,9-14,16-17H2,1-2H3. The van der Waals surface area contributed by atoms with E-state index >= 15 is 0 Å². The molecule has 34 heavy (non-hydrogen) atoms. The Morgan fingerprint density at radius 1 is 1.03 bits per heavy atom. The molecule has 1 aliphatic rings. The molecule has 184 valence electrons. The van der Waals surface area contributed by atoms with Crippen LogP contribution in [0.25, 0.3) is 0 Å². The van der Waals surface area contributed by atoms with Crippen LogP contribution in [0.15, 0.2) is 42.5 Å². The molecule has 1 fully saturated rings. The number of sulfonamides is 1. The zero-order valence-corrected chi connectivity index (χ0v) is 20.2.